The second kappa shape index (κ2) is 7.87. The van der Waals surface area contributed by atoms with Gasteiger partial charge >= 0.3 is 5.97 Å². The second-order valence-electron chi connectivity index (χ2n) is 5.16. The van der Waals surface area contributed by atoms with Gasteiger partial charge in [-0.1, -0.05) is 12.1 Å². The Morgan fingerprint density at radius 1 is 1.04 bits per heavy atom. The number of aromatic nitrogens is 3. The largest absolute Gasteiger partial charge is 0.465 e. The van der Waals surface area contributed by atoms with E-state index in [0.717, 1.165) is 11.4 Å². The lowest BCUT2D eigenvalue weighted by molar-refractivity contribution is 0.0601. The smallest absolute Gasteiger partial charge is 0.337 e. The molecule has 2 N–H and O–H groups in total. The highest BCUT2D eigenvalue weighted by molar-refractivity contribution is 5.90. The number of hydrogen-bond acceptors (Lipinski definition) is 7. The van der Waals surface area contributed by atoms with Gasteiger partial charge < -0.3 is 15.4 Å². The zero-order chi connectivity index (χ0) is 17.5. The molecule has 1 aromatic carbocycles. The van der Waals surface area contributed by atoms with Crippen molar-refractivity contribution in [3.05, 3.63) is 72.3 Å². The number of pyridine rings is 1. The molecule has 3 rings (SSSR count). The summed E-state index contributed by atoms with van der Waals surface area (Å²) in [6.45, 7) is 0.565. The Balaban J connectivity index is 1.68. The molecular weight excluding hydrogens is 318 g/mol. The van der Waals surface area contributed by atoms with Gasteiger partial charge in [0.05, 0.1) is 24.9 Å². The molecule has 126 valence electrons. The summed E-state index contributed by atoms with van der Waals surface area (Å²) >= 11 is 0. The van der Waals surface area contributed by atoms with E-state index in [4.69, 9.17) is 4.74 Å². The van der Waals surface area contributed by atoms with Gasteiger partial charge in [0, 0.05) is 18.0 Å². The fourth-order valence-corrected chi connectivity index (χ4v) is 2.20. The zero-order valence-electron chi connectivity index (χ0n) is 13.6. The van der Waals surface area contributed by atoms with Gasteiger partial charge in [-0.2, -0.15) is 0 Å². The molecule has 0 amide bonds. The Morgan fingerprint density at radius 2 is 1.92 bits per heavy atom. The van der Waals surface area contributed by atoms with Crippen molar-refractivity contribution >= 4 is 23.3 Å². The molecule has 7 heteroatoms. The molecule has 3 aromatic rings. The van der Waals surface area contributed by atoms with Crippen LogP contribution in [0.15, 0.2) is 61.1 Å². The van der Waals surface area contributed by atoms with Gasteiger partial charge in [-0.05, 0) is 30.3 Å². The fraction of sp³-hybridized carbons (Fsp3) is 0.111. The van der Waals surface area contributed by atoms with Crippen LogP contribution < -0.4 is 10.6 Å². The van der Waals surface area contributed by atoms with Crippen LogP contribution in [0.25, 0.3) is 0 Å². The quantitative estimate of drug-likeness (QED) is 0.669. The van der Waals surface area contributed by atoms with E-state index in [1.165, 1.54) is 13.4 Å². The Morgan fingerprint density at radius 3 is 2.72 bits per heavy atom. The van der Waals surface area contributed by atoms with Crippen LogP contribution in [-0.2, 0) is 11.3 Å². The monoisotopic (exact) mass is 335 g/mol. The summed E-state index contributed by atoms with van der Waals surface area (Å²) in [5, 5.41) is 6.35. The highest BCUT2D eigenvalue weighted by Crippen LogP contribution is 2.18. The van der Waals surface area contributed by atoms with Gasteiger partial charge in [0.1, 0.15) is 18.0 Å². The third-order valence-corrected chi connectivity index (χ3v) is 3.40. The van der Waals surface area contributed by atoms with Crippen LogP contribution in [0.4, 0.5) is 17.3 Å². The highest BCUT2D eigenvalue weighted by Gasteiger charge is 2.06. The number of rotatable bonds is 6. The number of anilines is 3. The van der Waals surface area contributed by atoms with E-state index < -0.39 is 0 Å². The first kappa shape index (κ1) is 16.4. The van der Waals surface area contributed by atoms with Crippen LogP contribution in [0.3, 0.4) is 0 Å². The Bertz CT molecular complexity index is 855. The van der Waals surface area contributed by atoms with E-state index in [1.54, 1.807) is 30.5 Å². The van der Waals surface area contributed by atoms with Crippen molar-refractivity contribution in [3.63, 3.8) is 0 Å². The van der Waals surface area contributed by atoms with Crippen LogP contribution in [0.5, 0.6) is 0 Å². The molecule has 2 heterocycles. The van der Waals surface area contributed by atoms with E-state index >= 15 is 0 Å². The molecule has 0 aliphatic carbocycles. The summed E-state index contributed by atoms with van der Waals surface area (Å²) in [5.74, 6) is 0.900. The van der Waals surface area contributed by atoms with Gasteiger partial charge in [0.25, 0.3) is 0 Å². The number of carbonyl (C=O) groups excluding carboxylic acids is 1. The standard InChI is InChI=1S/C18H17N5O2/c1-25-18(24)13-5-4-7-14(9-13)23-17-10-16(21-12-22-17)20-11-15-6-2-3-8-19-15/h2-10,12H,11H2,1H3,(H2,20,21,22,23). The van der Waals surface area contributed by atoms with Crippen molar-refractivity contribution in [1.29, 1.82) is 0 Å². The first-order valence-electron chi connectivity index (χ1n) is 7.66. The molecule has 0 unspecified atom stereocenters. The predicted octanol–water partition coefficient (Wildman–Crippen LogP) is 3.01. The minimum absolute atomic E-state index is 0.385. The predicted molar refractivity (Wildman–Crippen MR) is 94.7 cm³/mol. The third kappa shape index (κ3) is 4.51. The summed E-state index contributed by atoms with van der Waals surface area (Å²) in [5.41, 5.74) is 2.12. The summed E-state index contributed by atoms with van der Waals surface area (Å²) < 4.78 is 4.73. The first-order valence-corrected chi connectivity index (χ1v) is 7.66. The van der Waals surface area contributed by atoms with E-state index in [-0.39, 0.29) is 5.97 Å². The van der Waals surface area contributed by atoms with Crippen LogP contribution in [0, 0.1) is 0 Å². The molecule has 0 fully saturated rings. The topological polar surface area (TPSA) is 89.0 Å². The SMILES string of the molecule is COC(=O)c1cccc(Nc2cc(NCc3ccccn3)ncn2)c1. The lowest BCUT2D eigenvalue weighted by Gasteiger charge is -2.09. The number of benzene rings is 1. The molecule has 0 saturated heterocycles. The van der Waals surface area contributed by atoms with Crippen molar-refractivity contribution in [2.75, 3.05) is 17.7 Å². The van der Waals surface area contributed by atoms with Crippen molar-refractivity contribution in [1.82, 2.24) is 15.0 Å². The van der Waals surface area contributed by atoms with E-state index in [0.29, 0.717) is 23.7 Å². The molecule has 0 aliphatic rings. The van der Waals surface area contributed by atoms with Gasteiger partial charge in [-0.25, -0.2) is 14.8 Å². The van der Waals surface area contributed by atoms with E-state index in [2.05, 4.69) is 25.6 Å². The molecule has 2 aromatic heterocycles. The molecule has 0 saturated carbocycles. The summed E-state index contributed by atoms with van der Waals surface area (Å²) in [6.07, 6.45) is 3.21. The number of nitrogens with one attached hydrogen (secondary N) is 2. The average molecular weight is 335 g/mol. The summed E-state index contributed by atoms with van der Waals surface area (Å²) in [7, 11) is 1.35. The molecule has 0 bridgehead atoms. The third-order valence-electron chi connectivity index (χ3n) is 3.40. The number of ether oxygens (including phenoxy) is 1. The number of nitrogens with zero attached hydrogens (tertiary/aromatic N) is 3. The van der Waals surface area contributed by atoms with Gasteiger partial charge in [-0.3, -0.25) is 4.98 Å². The van der Waals surface area contributed by atoms with Crippen LogP contribution >= 0.6 is 0 Å². The van der Waals surface area contributed by atoms with Crippen molar-refractivity contribution in [3.8, 4) is 0 Å². The van der Waals surface area contributed by atoms with E-state index in [1.807, 2.05) is 24.3 Å². The lowest BCUT2D eigenvalue weighted by atomic mass is 10.2. The molecule has 0 radical (unpaired) electrons. The van der Waals surface area contributed by atoms with E-state index in [9.17, 15) is 4.79 Å². The number of hydrogen-bond donors (Lipinski definition) is 2. The summed E-state index contributed by atoms with van der Waals surface area (Å²) in [6, 6.07) is 14.5. The minimum atomic E-state index is -0.385. The van der Waals surface area contributed by atoms with Gasteiger partial charge in [0.15, 0.2) is 0 Å². The van der Waals surface area contributed by atoms with Gasteiger partial charge in [0.2, 0.25) is 0 Å². The zero-order valence-corrected chi connectivity index (χ0v) is 13.6. The lowest BCUT2D eigenvalue weighted by Crippen LogP contribution is -2.05. The number of carbonyl (C=O) groups is 1. The summed E-state index contributed by atoms with van der Waals surface area (Å²) in [4.78, 5) is 24.2. The normalized spacial score (nSPS) is 10.1. The molecule has 25 heavy (non-hydrogen) atoms. The molecular formula is C18H17N5O2. The Hall–Kier alpha value is -3.48. The Kier molecular flexibility index (Phi) is 5.16. The second-order valence-corrected chi connectivity index (χ2v) is 5.16. The Labute approximate surface area is 145 Å². The molecule has 0 atom stereocenters. The van der Waals surface area contributed by atoms with Crippen molar-refractivity contribution < 1.29 is 9.53 Å². The van der Waals surface area contributed by atoms with Crippen LogP contribution in [0.1, 0.15) is 16.1 Å². The molecule has 7 nitrogen and oxygen atoms in total. The minimum Gasteiger partial charge on any atom is -0.465 e. The first-order chi connectivity index (χ1) is 12.2. The average Bonchev–Trinajstić information content (AvgIpc) is 2.67. The number of methoxy groups -OCH3 is 1. The maximum absolute atomic E-state index is 11.6. The van der Waals surface area contributed by atoms with Gasteiger partial charge in [-0.15, -0.1) is 0 Å². The van der Waals surface area contributed by atoms with Crippen molar-refractivity contribution in [2.24, 2.45) is 0 Å². The maximum atomic E-state index is 11.6. The highest BCUT2D eigenvalue weighted by atomic mass is 16.5. The van der Waals surface area contributed by atoms with Crippen LogP contribution in [0.2, 0.25) is 0 Å². The number of esters is 1. The van der Waals surface area contributed by atoms with Crippen LogP contribution in [-0.4, -0.2) is 28.0 Å². The maximum Gasteiger partial charge on any atom is 0.337 e. The molecule has 0 spiro atoms. The molecule has 0 aliphatic heterocycles. The fourth-order valence-electron chi connectivity index (χ4n) is 2.20. The van der Waals surface area contributed by atoms with Crippen molar-refractivity contribution in [2.45, 2.75) is 6.54 Å².